The Morgan fingerprint density at radius 3 is 2.78 bits per heavy atom. The predicted molar refractivity (Wildman–Crippen MR) is 85.1 cm³/mol. The summed E-state index contributed by atoms with van der Waals surface area (Å²) in [5.74, 6) is 0.866. The summed E-state index contributed by atoms with van der Waals surface area (Å²) in [6.07, 6.45) is 3.95. The van der Waals surface area contributed by atoms with Crippen LogP contribution in [0.4, 0.5) is 8.78 Å². The van der Waals surface area contributed by atoms with E-state index in [4.69, 9.17) is 0 Å². The second-order valence-electron chi connectivity index (χ2n) is 4.97. The van der Waals surface area contributed by atoms with Crippen LogP contribution in [0, 0.1) is 13.8 Å². The van der Waals surface area contributed by atoms with Gasteiger partial charge in [0.2, 0.25) is 0 Å². The van der Waals surface area contributed by atoms with Crippen LogP contribution in [0.3, 0.4) is 0 Å². The molecule has 120 valence electrons. The number of halogens is 3. The summed E-state index contributed by atoms with van der Waals surface area (Å²) < 4.78 is 28.7. The maximum atomic E-state index is 12.6. The summed E-state index contributed by atoms with van der Waals surface area (Å²) in [6, 6.07) is 0. The maximum absolute atomic E-state index is 12.6. The number of imidazole rings is 1. The van der Waals surface area contributed by atoms with E-state index in [9.17, 15) is 8.78 Å². The van der Waals surface area contributed by atoms with Crippen LogP contribution in [0.1, 0.15) is 23.0 Å². The molecule has 6 nitrogen and oxygen atoms in total. The summed E-state index contributed by atoms with van der Waals surface area (Å²) in [7, 11) is 0. The lowest BCUT2D eigenvalue weighted by molar-refractivity contribution is 0.126. The van der Waals surface area contributed by atoms with E-state index in [1.807, 2.05) is 13.8 Å². The second kappa shape index (κ2) is 6.15. The molecule has 0 spiro atoms. The quantitative estimate of drug-likeness (QED) is 0.695. The van der Waals surface area contributed by atoms with E-state index in [0.717, 1.165) is 11.4 Å². The Kier molecular flexibility index (Phi) is 4.20. The fourth-order valence-corrected chi connectivity index (χ4v) is 2.55. The van der Waals surface area contributed by atoms with Gasteiger partial charge in [0.25, 0.3) is 6.43 Å². The number of alkyl halides is 2. The topological polar surface area (TPSA) is 60.9 Å². The minimum Gasteiger partial charge on any atom is -0.325 e. The molecule has 0 radical (unpaired) electrons. The second-order valence-corrected chi connectivity index (χ2v) is 5.78. The number of aryl methyl sites for hydroxylation is 2. The molecule has 3 rings (SSSR count). The molecule has 0 aromatic carbocycles. The first-order chi connectivity index (χ1) is 10.9. The fraction of sp³-hybridized carbons (Fsp3) is 0.286. The lowest BCUT2D eigenvalue weighted by Crippen LogP contribution is -2.07. The Labute approximate surface area is 139 Å². The van der Waals surface area contributed by atoms with Crippen molar-refractivity contribution in [3.63, 3.8) is 0 Å². The Hall–Kier alpha value is -2.16. The van der Waals surface area contributed by atoms with Gasteiger partial charge < -0.3 is 4.57 Å². The highest BCUT2D eigenvalue weighted by molar-refractivity contribution is 9.10. The van der Waals surface area contributed by atoms with Crippen molar-refractivity contribution in [1.82, 2.24) is 29.1 Å². The van der Waals surface area contributed by atoms with Crippen molar-refractivity contribution in [2.24, 2.45) is 0 Å². The highest BCUT2D eigenvalue weighted by Crippen LogP contribution is 2.15. The van der Waals surface area contributed by atoms with Gasteiger partial charge in [-0.2, -0.15) is 0 Å². The molecule has 0 aliphatic heterocycles. The summed E-state index contributed by atoms with van der Waals surface area (Å²) in [5, 5.41) is 4.37. The van der Waals surface area contributed by atoms with Crippen molar-refractivity contribution < 1.29 is 8.78 Å². The standard InChI is InChI=1S/C14H13BrF2N6/c1-8-9(2)23-14(5-18-8)20-12(21-23)3-4-13-19-10(15)6-22(13)7-11(16)17/h3-6,11H,7H2,1-2H3/b4-3+. The average molecular weight is 383 g/mol. The Balaban J connectivity index is 1.93. The van der Waals surface area contributed by atoms with Gasteiger partial charge in [-0.25, -0.2) is 23.3 Å². The van der Waals surface area contributed by atoms with Gasteiger partial charge in [-0.15, -0.1) is 5.10 Å². The number of aromatic nitrogens is 6. The third kappa shape index (κ3) is 3.29. The van der Waals surface area contributed by atoms with E-state index >= 15 is 0 Å². The smallest absolute Gasteiger partial charge is 0.256 e. The summed E-state index contributed by atoms with van der Waals surface area (Å²) in [4.78, 5) is 12.7. The predicted octanol–water partition coefficient (Wildman–Crippen LogP) is 3.14. The van der Waals surface area contributed by atoms with Gasteiger partial charge in [0, 0.05) is 6.20 Å². The molecular formula is C14H13BrF2N6. The van der Waals surface area contributed by atoms with E-state index in [1.54, 1.807) is 22.9 Å². The van der Waals surface area contributed by atoms with Crippen molar-refractivity contribution in [3.8, 4) is 0 Å². The molecule has 0 aliphatic rings. The third-order valence-corrected chi connectivity index (χ3v) is 3.74. The zero-order chi connectivity index (χ0) is 16.6. The zero-order valence-electron chi connectivity index (χ0n) is 12.4. The Morgan fingerprint density at radius 2 is 2.04 bits per heavy atom. The average Bonchev–Trinajstić information content (AvgIpc) is 3.04. The van der Waals surface area contributed by atoms with Crippen LogP contribution in [0.25, 0.3) is 17.8 Å². The normalized spacial score (nSPS) is 12.1. The lowest BCUT2D eigenvalue weighted by Gasteiger charge is -2.02. The fourth-order valence-electron chi connectivity index (χ4n) is 2.12. The molecular weight excluding hydrogens is 370 g/mol. The Bertz CT molecular complexity index is 883. The number of hydrogen-bond acceptors (Lipinski definition) is 4. The van der Waals surface area contributed by atoms with Crippen molar-refractivity contribution in [1.29, 1.82) is 0 Å². The van der Waals surface area contributed by atoms with E-state index < -0.39 is 13.0 Å². The van der Waals surface area contributed by atoms with Crippen molar-refractivity contribution in [3.05, 3.63) is 40.0 Å². The number of rotatable bonds is 4. The van der Waals surface area contributed by atoms with Gasteiger partial charge in [0.1, 0.15) is 10.4 Å². The minimum absolute atomic E-state index is 0.405. The summed E-state index contributed by atoms with van der Waals surface area (Å²) >= 11 is 3.19. The number of nitrogens with zero attached hydrogens (tertiary/aromatic N) is 6. The van der Waals surface area contributed by atoms with E-state index in [0.29, 0.717) is 21.9 Å². The molecule has 0 aliphatic carbocycles. The molecule has 0 N–H and O–H groups in total. The molecule has 3 heterocycles. The molecule has 0 fully saturated rings. The monoisotopic (exact) mass is 382 g/mol. The van der Waals surface area contributed by atoms with Gasteiger partial charge in [-0.05, 0) is 41.9 Å². The molecule has 3 aromatic heterocycles. The van der Waals surface area contributed by atoms with Crippen LogP contribution < -0.4 is 0 Å². The first kappa shape index (κ1) is 15.7. The van der Waals surface area contributed by atoms with E-state index in [1.165, 1.54) is 10.8 Å². The van der Waals surface area contributed by atoms with Crippen LogP contribution >= 0.6 is 15.9 Å². The highest BCUT2D eigenvalue weighted by Gasteiger charge is 2.10. The van der Waals surface area contributed by atoms with E-state index in [-0.39, 0.29) is 0 Å². The van der Waals surface area contributed by atoms with Crippen molar-refractivity contribution >= 4 is 33.7 Å². The molecule has 23 heavy (non-hydrogen) atoms. The summed E-state index contributed by atoms with van der Waals surface area (Å²) in [6.45, 7) is 3.38. The van der Waals surface area contributed by atoms with Crippen LogP contribution in [0.5, 0.6) is 0 Å². The van der Waals surface area contributed by atoms with Crippen LogP contribution in [-0.4, -0.2) is 35.6 Å². The van der Waals surface area contributed by atoms with Crippen LogP contribution in [-0.2, 0) is 6.54 Å². The SMILES string of the molecule is Cc1ncc2nc(/C=C/c3nc(Br)cn3CC(F)F)nn2c1C. The van der Waals surface area contributed by atoms with Gasteiger partial charge in [-0.1, -0.05) is 0 Å². The highest BCUT2D eigenvalue weighted by atomic mass is 79.9. The third-order valence-electron chi connectivity index (χ3n) is 3.36. The van der Waals surface area contributed by atoms with Gasteiger partial charge >= 0.3 is 0 Å². The first-order valence-corrected chi connectivity index (χ1v) is 7.61. The minimum atomic E-state index is -2.45. The molecule has 0 saturated carbocycles. The van der Waals surface area contributed by atoms with Gasteiger partial charge in [0.15, 0.2) is 11.5 Å². The van der Waals surface area contributed by atoms with Gasteiger partial charge in [-0.3, -0.25) is 4.98 Å². The molecule has 0 unspecified atom stereocenters. The molecule has 0 bridgehead atoms. The summed E-state index contributed by atoms with van der Waals surface area (Å²) in [5.41, 5.74) is 2.40. The molecule has 3 aromatic rings. The van der Waals surface area contributed by atoms with Crippen LogP contribution in [0.15, 0.2) is 17.0 Å². The largest absolute Gasteiger partial charge is 0.325 e. The first-order valence-electron chi connectivity index (χ1n) is 6.82. The van der Waals surface area contributed by atoms with Crippen molar-refractivity contribution in [2.45, 2.75) is 26.8 Å². The molecule has 0 saturated heterocycles. The molecule has 0 atom stereocenters. The molecule has 9 heteroatoms. The van der Waals surface area contributed by atoms with Crippen molar-refractivity contribution in [2.75, 3.05) is 0 Å². The van der Waals surface area contributed by atoms with Gasteiger partial charge in [0.05, 0.1) is 24.1 Å². The zero-order valence-corrected chi connectivity index (χ0v) is 14.0. The molecule has 0 amide bonds. The maximum Gasteiger partial charge on any atom is 0.256 e. The number of hydrogen-bond donors (Lipinski definition) is 0. The Morgan fingerprint density at radius 1 is 1.26 bits per heavy atom. The lowest BCUT2D eigenvalue weighted by atomic mass is 10.3. The van der Waals surface area contributed by atoms with Crippen LogP contribution in [0.2, 0.25) is 0 Å². The number of fused-ring (bicyclic) bond motifs is 1. The van der Waals surface area contributed by atoms with E-state index in [2.05, 4.69) is 36.0 Å².